The molecule has 2 aromatic rings. The number of nitrogens with one attached hydrogen (secondary N) is 1. The van der Waals surface area contributed by atoms with Gasteiger partial charge in [-0.3, -0.25) is 5.41 Å². The Hall–Kier alpha value is -1.88. The van der Waals surface area contributed by atoms with E-state index in [9.17, 15) is 0 Å². The molecule has 0 aliphatic heterocycles. The van der Waals surface area contributed by atoms with Gasteiger partial charge in [-0.25, -0.2) is 9.97 Å². The number of amidine groups is 1. The van der Waals surface area contributed by atoms with E-state index in [1.54, 1.807) is 6.07 Å². The fourth-order valence-electron chi connectivity index (χ4n) is 1.32. The largest absolute Gasteiger partial charge is 0.382 e. The van der Waals surface area contributed by atoms with Crippen molar-refractivity contribution in [3.05, 3.63) is 47.8 Å². The number of aryl methyl sites for hydroxylation is 1. The molecule has 0 aliphatic carbocycles. The topological polar surface area (TPSA) is 75.7 Å². The summed E-state index contributed by atoms with van der Waals surface area (Å²) in [6.07, 6.45) is 0. The first-order valence-corrected chi connectivity index (χ1v) is 5.90. The smallest absolute Gasteiger partial charge is 0.193 e. The second kappa shape index (κ2) is 4.97. The van der Waals surface area contributed by atoms with Crippen LogP contribution in [0.1, 0.15) is 11.4 Å². The van der Waals surface area contributed by atoms with Crippen LogP contribution in [0.15, 0.2) is 46.5 Å². The van der Waals surface area contributed by atoms with Crippen molar-refractivity contribution in [2.24, 2.45) is 5.73 Å². The van der Waals surface area contributed by atoms with Gasteiger partial charge in [-0.15, -0.1) is 0 Å². The number of nitrogen functional groups attached to an aromatic ring is 1. The van der Waals surface area contributed by atoms with Crippen LogP contribution < -0.4 is 5.73 Å². The molecule has 2 rings (SSSR count). The Morgan fingerprint density at radius 2 is 1.94 bits per heavy atom. The van der Waals surface area contributed by atoms with Gasteiger partial charge in [0.1, 0.15) is 11.5 Å². The van der Waals surface area contributed by atoms with Gasteiger partial charge in [-0.05, 0) is 36.9 Å². The molecule has 0 fully saturated rings. The highest BCUT2D eigenvalue weighted by atomic mass is 32.2. The fourth-order valence-corrected chi connectivity index (χ4v) is 2.16. The predicted octanol–water partition coefficient (Wildman–Crippen LogP) is 2.22. The van der Waals surface area contributed by atoms with Gasteiger partial charge in [-0.1, -0.05) is 18.2 Å². The van der Waals surface area contributed by atoms with Gasteiger partial charge in [0.15, 0.2) is 5.16 Å². The van der Waals surface area contributed by atoms with Gasteiger partial charge >= 0.3 is 0 Å². The number of benzene rings is 1. The second-order valence-electron chi connectivity index (χ2n) is 3.51. The highest BCUT2D eigenvalue weighted by molar-refractivity contribution is 7.99. The van der Waals surface area contributed by atoms with Gasteiger partial charge in [0.25, 0.3) is 0 Å². The Morgan fingerprint density at radius 3 is 2.59 bits per heavy atom. The Bertz CT molecular complexity index is 539. The van der Waals surface area contributed by atoms with Gasteiger partial charge in [0.05, 0.1) is 0 Å². The summed E-state index contributed by atoms with van der Waals surface area (Å²) < 4.78 is 0. The molecule has 0 bridgehead atoms. The van der Waals surface area contributed by atoms with E-state index in [1.807, 2.05) is 37.3 Å². The van der Waals surface area contributed by atoms with E-state index < -0.39 is 0 Å². The zero-order chi connectivity index (χ0) is 12.3. The lowest BCUT2D eigenvalue weighted by Gasteiger charge is -2.04. The number of aromatic nitrogens is 2. The molecule has 0 spiro atoms. The summed E-state index contributed by atoms with van der Waals surface area (Å²) in [6, 6.07) is 11.6. The molecule has 0 unspecified atom stereocenters. The number of hydrogen-bond acceptors (Lipinski definition) is 4. The second-order valence-corrected chi connectivity index (χ2v) is 4.55. The minimum atomic E-state index is -0.0367. The van der Waals surface area contributed by atoms with Gasteiger partial charge < -0.3 is 5.73 Å². The summed E-state index contributed by atoms with van der Waals surface area (Å²) in [4.78, 5) is 9.60. The molecule has 17 heavy (non-hydrogen) atoms. The minimum absolute atomic E-state index is 0.0367. The average molecular weight is 244 g/mol. The van der Waals surface area contributed by atoms with Crippen molar-refractivity contribution < 1.29 is 0 Å². The van der Waals surface area contributed by atoms with Crippen molar-refractivity contribution in [1.82, 2.24) is 9.97 Å². The minimum Gasteiger partial charge on any atom is -0.382 e. The maximum atomic E-state index is 7.39. The van der Waals surface area contributed by atoms with Crippen LogP contribution in [0.3, 0.4) is 0 Å². The summed E-state index contributed by atoms with van der Waals surface area (Å²) in [7, 11) is 0. The lowest BCUT2D eigenvalue weighted by atomic mass is 10.3. The molecule has 0 radical (unpaired) electrons. The maximum absolute atomic E-state index is 7.39. The van der Waals surface area contributed by atoms with E-state index >= 15 is 0 Å². The van der Waals surface area contributed by atoms with Crippen LogP contribution in [-0.4, -0.2) is 15.8 Å². The first-order valence-electron chi connectivity index (χ1n) is 5.08. The van der Waals surface area contributed by atoms with Crippen molar-refractivity contribution in [3.63, 3.8) is 0 Å². The summed E-state index contributed by atoms with van der Waals surface area (Å²) >= 11 is 1.46. The highest BCUT2D eigenvalue weighted by Crippen LogP contribution is 2.24. The van der Waals surface area contributed by atoms with Crippen LogP contribution in [0, 0.1) is 12.3 Å². The summed E-state index contributed by atoms with van der Waals surface area (Å²) in [5.74, 6) is -0.0367. The van der Waals surface area contributed by atoms with E-state index in [2.05, 4.69) is 9.97 Å². The summed E-state index contributed by atoms with van der Waals surface area (Å²) in [5.41, 5.74) is 6.71. The Morgan fingerprint density at radius 1 is 1.24 bits per heavy atom. The average Bonchev–Trinajstić information content (AvgIpc) is 2.29. The molecular weight excluding hydrogens is 232 g/mol. The zero-order valence-corrected chi connectivity index (χ0v) is 10.2. The molecule has 0 aliphatic rings. The Balaban J connectivity index is 2.30. The third-order valence-corrected chi connectivity index (χ3v) is 2.94. The third kappa shape index (κ3) is 3.04. The van der Waals surface area contributed by atoms with E-state index in [1.165, 1.54) is 11.8 Å². The lowest BCUT2D eigenvalue weighted by molar-refractivity contribution is 0.921. The lowest BCUT2D eigenvalue weighted by Crippen LogP contribution is -2.14. The molecule has 5 heteroatoms. The van der Waals surface area contributed by atoms with Gasteiger partial charge in [0.2, 0.25) is 0 Å². The predicted molar refractivity (Wildman–Crippen MR) is 68.4 cm³/mol. The van der Waals surface area contributed by atoms with Crippen LogP contribution in [0.5, 0.6) is 0 Å². The Labute approximate surface area is 104 Å². The zero-order valence-electron chi connectivity index (χ0n) is 9.34. The molecule has 0 saturated heterocycles. The maximum Gasteiger partial charge on any atom is 0.193 e. The standard InChI is InChI=1S/C12H12N4S/c1-8-7-10(11(13)14)16-12(15-8)17-9-5-3-2-4-6-9/h2-7H,1H3,(H3,13,14). The summed E-state index contributed by atoms with van der Waals surface area (Å²) in [6.45, 7) is 1.86. The number of nitrogens with zero attached hydrogens (tertiary/aromatic N) is 2. The first kappa shape index (κ1) is 11.6. The van der Waals surface area contributed by atoms with E-state index in [0.29, 0.717) is 10.9 Å². The molecule has 1 aromatic heterocycles. The van der Waals surface area contributed by atoms with Crippen LogP contribution >= 0.6 is 11.8 Å². The van der Waals surface area contributed by atoms with Crippen LogP contribution in [0.2, 0.25) is 0 Å². The molecule has 3 N–H and O–H groups in total. The van der Waals surface area contributed by atoms with Crippen molar-refractivity contribution in [3.8, 4) is 0 Å². The van der Waals surface area contributed by atoms with Crippen LogP contribution in [0.25, 0.3) is 0 Å². The quantitative estimate of drug-likeness (QED) is 0.493. The van der Waals surface area contributed by atoms with E-state index in [0.717, 1.165) is 10.6 Å². The van der Waals surface area contributed by atoms with Crippen molar-refractivity contribution in [1.29, 1.82) is 5.41 Å². The molecule has 1 heterocycles. The molecule has 0 amide bonds. The van der Waals surface area contributed by atoms with Crippen molar-refractivity contribution >= 4 is 17.6 Å². The molecule has 0 atom stereocenters. The molecule has 1 aromatic carbocycles. The van der Waals surface area contributed by atoms with Crippen molar-refractivity contribution in [2.75, 3.05) is 0 Å². The van der Waals surface area contributed by atoms with Crippen LogP contribution in [-0.2, 0) is 0 Å². The highest BCUT2D eigenvalue weighted by Gasteiger charge is 2.06. The van der Waals surface area contributed by atoms with E-state index in [-0.39, 0.29) is 5.84 Å². The molecule has 0 saturated carbocycles. The van der Waals surface area contributed by atoms with E-state index in [4.69, 9.17) is 11.1 Å². The third-order valence-electron chi connectivity index (χ3n) is 2.06. The number of hydrogen-bond donors (Lipinski definition) is 2. The molecular formula is C12H12N4S. The molecule has 86 valence electrons. The van der Waals surface area contributed by atoms with Gasteiger partial charge in [-0.2, -0.15) is 0 Å². The Kier molecular flexibility index (Phi) is 3.39. The van der Waals surface area contributed by atoms with Gasteiger partial charge in [0, 0.05) is 10.6 Å². The van der Waals surface area contributed by atoms with Crippen LogP contribution in [0.4, 0.5) is 0 Å². The number of rotatable bonds is 3. The monoisotopic (exact) mass is 244 g/mol. The first-order chi connectivity index (χ1) is 8.15. The fraction of sp³-hybridized carbons (Fsp3) is 0.0833. The number of nitrogens with two attached hydrogens (primary N) is 1. The normalized spacial score (nSPS) is 10.2. The molecule has 4 nitrogen and oxygen atoms in total. The van der Waals surface area contributed by atoms with Crippen molar-refractivity contribution in [2.45, 2.75) is 17.0 Å². The summed E-state index contributed by atoms with van der Waals surface area (Å²) in [5, 5.41) is 8.00. The SMILES string of the molecule is Cc1cc(C(=N)N)nc(Sc2ccccc2)n1.